The van der Waals surface area contributed by atoms with Crippen molar-refractivity contribution in [2.75, 3.05) is 0 Å². The summed E-state index contributed by atoms with van der Waals surface area (Å²) in [5, 5.41) is 27.6. The Balaban J connectivity index is 2.53. The van der Waals surface area contributed by atoms with Crippen molar-refractivity contribution in [1.82, 2.24) is 4.98 Å². The average Bonchev–Trinajstić information content (AvgIpc) is 2.64. The molecule has 1 heterocycles. The maximum atomic E-state index is 11.6. The van der Waals surface area contributed by atoms with Gasteiger partial charge in [0, 0.05) is 6.07 Å². The minimum absolute atomic E-state index is 0.163. The fourth-order valence-corrected chi connectivity index (χ4v) is 1.91. The number of carboxylic acid groups (broad SMARTS) is 2. The summed E-state index contributed by atoms with van der Waals surface area (Å²) in [6.45, 7) is 1.50. The van der Waals surface area contributed by atoms with Crippen LogP contribution in [0.15, 0.2) is 41.2 Å². The molecule has 7 nitrogen and oxygen atoms in total. The van der Waals surface area contributed by atoms with E-state index in [0.29, 0.717) is 5.57 Å². The van der Waals surface area contributed by atoms with Crippen LogP contribution in [-0.2, 0) is 4.79 Å². The maximum absolute atomic E-state index is 11.6. The fraction of sp³-hybridized carbons (Fsp3) is 0.133. The van der Waals surface area contributed by atoms with Crippen LogP contribution < -0.4 is 5.43 Å². The molecule has 0 fully saturated rings. The molecule has 0 amide bonds. The number of aromatic amines is 1. The van der Waals surface area contributed by atoms with Gasteiger partial charge < -0.3 is 20.3 Å². The third-order valence-corrected chi connectivity index (χ3v) is 3.32. The van der Waals surface area contributed by atoms with Crippen molar-refractivity contribution in [3.8, 4) is 5.75 Å². The molecule has 0 spiro atoms. The van der Waals surface area contributed by atoms with Crippen molar-refractivity contribution in [3.63, 3.8) is 0 Å². The molecule has 1 aliphatic rings. The topological polar surface area (TPSA) is 128 Å². The summed E-state index contributed by atoms with van der Waals surface area (Å²) >= 11 is 0. The Morgan fingerprint density at radius 3 is 2.50 bits per heavy atom. The molecule has 114 valence electrons. The highest BCUT2D eigenvalue weighted by atomic mass is 16.4. The highest BCUT2D eigenvalue weighted by molar-refractivity contribution is 5.89. The minimum Gasteiger partial charge on any atom is -0.502 e. The molecular formula is C15H13NO6. The summed E-state index contributed by atoms with van der Waals surface area (Å²) in [6, 6.07) is 1.05. The van der Waals surface area contributed by atoms with Gasteiger partial charge in [-0.15, -0.1) is 0 Å². The number of nitrogens with one attached hydrogen (secondary N) is 1. The summed E-state index contributed by atoms with van der Waals surface area (Å²) in [6.07, 6.45) is 7.42. The van der Waals surface area contributed by atoms with Crippen LogP contribution in [0.3, 0.4) is 0 Å². The number of carboxylic acids is 2. The highest BCUT2D eigenvalue weighted by Crippen LogP contribution is 2.27. The summed E-state index contributed by atoms with van der Waals surface area (Å²) in [5.74, 6) is -3.39. The Bertz CT molecular complexity index is 799. The van der Waals surface area contributed by atoms with E-state index in [1.165, 1.54) is 31.2 Å². The van der Waals surface area contributed by atoms with E-state index in [0.717, 1.165) is 6.07 Å². The van der Waals surface area contributed by atoms with Crippen molar-refractivity contribution in [2.45, 2.75) is 6.92 Å². The van der Waals surface area contributed by atoms with Gasteiger partial charge in [0.15, 0.2) is 11.4 Å². The van der Waals surface area contributed by atoms with Crippen LogP contribution in [-0.4, -0.2) is 32.2 Å². The van der Waals surface area contributed by atoms with E-state index in [1.54, 1.807) is 6.08 Å². The lowest BCUT2D eigenvalue weighted by molar-refractivity contribution is -0.142. The van der Waals surface area contributed by atoms with Gasteiger partial charge in [0.25, 0.3) is 0 Å². The highest BCUT2D eigenvalue weighted by Gasteiger charge is 2.27. The maximum Gasteiger partial charge on any atom is 0.356 e. The molecular weight excluding hydrogens is 290 g/mol. The lowest BCUT2D eigenvalue weighted by Gasteiger charge is -2.14. The third-order valence-electron chi connectivity index (χ3n) is 3.32. The number of pyridine rings is 1. The first-order chi connectivity index (χ1) is 10.2. The Morgan fingerprint density at radius 2 is 1.91 bits per heavy atom. The number of hydrogen-bond donors (Lipinski definition) is 4. The third kappa shape index (κ3) is 2.69. The number of carbonyl (C=O) groups is 2. The normalized spacial score (nSPS) is 20.3. The van der Waals surface area contributed by atoms with E-state index >= 15 is 0 Å². The standard InChI is InChI=1S/C15H13NO6/c1-15(14(21)22)5-2-3-8(4-6-15)9-7-10(17)12(18)11(16-9)13(19)20/h2-7,18H,1H3,(H,16,17)(H,19,20)(H,21,22). The van der Waals surface area contributed by atoms with Crippen molar-refractivity contribution in [3.05, 3.63) is 58.1 Å². The number of rotatable bonds is 3. The van der Waals surface area contributed by atoms with Gasteiger partial charge >= 0.3 is 11.9 Å². The summed E-state index contributed by atoms with van der Waals surface area (Å²) in [5.41, 5.74) is -2.08. The van der Waals surface area contributed by atoms with Gasteiger partial charge in [-0.05, 0) is 12.5 Å². The molecule has 0 radical (unpaired) electrons. The zero-order valence-corrected chi connectivity index (χ0v) is 11.5. The SMILES string of the molecule is CC1(C(=O)O)C=CC=C(c2cc(=O)c(O)c(C(=O)O)[nH]2)C=C1. The van der Waals surface area contributed by atoms with Crippen LogP contribution in [0, 0.1) is 5.41 Å². The van der Waals surface area contributed by atoms with Gasteiger partial charge in [-0.1, -0.05) is 30.4 Å². The van der Waals surface area contributed by atoms with E-state index < -0.39 is 34.2 Å². The van der Waals surface area contributed by atoms with Gasteiger partial charge in [0.05, 0.1) is 5.69 Å². The molecule has 4 N–H and O–H groups in total. The van der Waals surface area contributed by atoms with Crippen molar-refractivity contribution in [2.24, 2.45) is 5.41 Å². The van der Waals surface area contributed by atoms with Crippen LogP contribution in [0.2, 0.25) is 0 Å². The van der Waals surface area contributed by atoms with Crippen molar-refractivity contribution < 1.29 is 24.9 Å². The number of H-pyrrole nitrogens is 1. The van der Waals surface area contributed by atoms with E-state index in [1.807, 2.05) is 0 Å². The number of aromatic nitrogens is 1. The predicted octanol–water partition coefficient (Wildman–Crippen LogP) is 1.38. The number of aliphatic carboxylic acids is 1. The summed E-state index contributed by atoms with van der Waals surface area (Å²) in [7, 11) is 0. The molecule has 1 aromatic rings. The first-order valence-electron chi connectivity index (χ1n) is 6.27. The molecule has 1 atom stereocenters. The summed E-state index contributed by atoms with van der Waals surface area (Å²) < 4.78 is 0. The zero-order valence-electron chi connectivity index (χ0n) is 11.5. The van der Waals surface area contributed by atoms with Gasteiger partial charge in [0.1, 0.15) is 5.41 Å². The molecule has 0 saturated carbocycles. The van der Waals surface area contributed by atoms with E-state index in [-0.39, 0.29) is 5.69 Å². The molecule has 22 heavy (non-hydrogen) atoms. The lowest BCUT2D eigenvalue weighted by atomic mass is 9.90. The molecule has 2 rings (SSSR count). The second kappa shape index (κ2) is 5.36. The van der Waals surface area contributed by atoms with Crippen LogP contribution >= 0.6 is 0 Å². The first-order valence-corrected chi connectivity index (χ1v) is 6.27. The fourth-order valence-electron chi connectivity index (χ4n) is 1.91. The van der Waals surface area contributed by atoms with E-state index in [4.69, 9.17) is 5.11 Å². The van der Waals surface area contributed by atoms with Gasteiger partial charge in [-0.2, -0.15) is 0 Å². The Morgan fingerprint density at radius 1 is 1.23 bits per heavy atom. The minimum atomic E-state index is -1.47. The first kappa shape index (κ1) is 15.3. The molecule has 7 heteroatoms. The summed E-state index contributed by atoms with van der Waals surface area (Å²) in [4.78, 5) is 36.3. The number of allylic oxidation sites excluding steroid dienone is 4. The molecule has 1 unspecified atom stereocenters. The Labute approximate surface area is 124 Å². The molecule has 0 aliphatic heterocycles. The lowest BCUT2D eigenvalue weighted by Crippen LogP contribution is -2.22. The van der Waals surface area contributed by atoms with Crippen molar-refractivity contribution in [1.29, 1.82) is 0 Å². The second-order valence-electron chi connectivity index (χ2n) is 4.98. The van der Waals surface area contributed by atoms with Gasteiger partial charge in [0.2, 0.25) is 5.43 Å². The van der Waals surface area contributed by atoms with Crippen LogP contribution in [0.1, 0.15) is 23.1 Å². The molecule has 1 aromatic heterocycles. The van der Waals surface area contributed by atoms with Crippen LogP contribution in [0.25, 0.3) is 5.57 Å². The largest absolute Gasteiger partial charge is 0.502 e. The smallest absolute Gasteiger partial charge is 0.356 e. The molecule has 0 aromatic carbocycles. The van der Waals surface area contributed by atoms with E-state index in [9.17, 15) is 24.6 Å². The number of aromatic hydroxyl groups is 1. The Hall–Kier alpha value is -3.09. The zero-order chi connectivity index (χ0) is 16.5. The molecule has 0 bridgehead atoms. The quantitative estimate of drug-likeness (QED) is 0.668. The average molecular weight is 303 g/mol. The molecule has 1 aliphatic carbocycles. The van der Waals surface area contributed by atoms with Crippen molar-refractivity contribution >= 4 is 17.5 Å². The molecule has 0 saturated heterocycles. The van der Waals surface area contributed by atoms with E-state index in [2.05, 4.69) is 4.98 Å². The van der Waals surface area contributed by atoms with Gasteiger partial charge in [-0.25, -0.2) is 4.79 Å². The van der Waals surface area contributed by atoms with Crippen LogP contribution in [0.5, 0.6) is 5.75 Å². The predicted molar refractivity (Wildman–Crippen MR) is 77.7 cm³/mol. The second-order valence-corrected chi connectivity index (χ2v) is 4.98. The Kier molecular flexibility index (Phi) is 3.73. The number of hydrogen-bond acceptors (Lipinski definition) is 4. The number of aromatic carboxylic acids is 1. The monoisotopic (exact) mass is 303 g/mol. The van der Waals surface area contributed by atoms with Gasteiger partial charge in [-0.3, -0.25) is 9.59 Å². The van der Waals surface area contributed by atoms with Crippen LogP contribution in [0.4, 0.5) is 0 Å².